The van der Waals surface area contributed by atoms with Crippen LogP contribution in [-0.2, 0) is 6.42 Å². The Morgan fingerprint density at radius 2 is 2.17 bits per heavy atom. The normalized spacial score (nSPS) is 10.2. The van der Waals surface area contributed by atoms with Crippen molar-refractivity contribution in [3.8, 4) is 0 Å². The number of thiazole rings is 1. The summed E-state index contributed by atoms with van der Waals surface area (Å²) in [5, 5.41) is 3.05. The Hall–Kier alpha value is -1.66. The van der Waals surface area contributed by atoms with E-state index in [2.05, 4.69) is 4.98 Å². The largest absolute Gasteiger partial charge is 0.399 e. The molecule has 4 N–H and O–H groups in total. The van der Waals surface area contributed by atoms with Crippen LogP contribution in [0.4, 0.5) is 10.8 Å². The van der Waals surface area contributed by atoms with Gasteiger partial charge in [-0.2, -0.15) is 0 Å². The molecule has 0 saturated heterocycles. The molecule has 94 valence electrons. The van der Waals surface area contributed by atoms with E-state index in [0.29, 0.717) is 11.7 Å². The number of hydrogen-bond acceptors (Lipinski definition) is 4. The molecule has 0 atom stereocenters. The van der Waals surface area contributed by atoms with Gasteiger partial charge in [0, 0.05) is 23.8 Å². The molecule has 0 bridgehead atoms. The summed E-state index contributed by atoms with van der Waals surface area (Å²) in [6, 6.07) is 7.80. The minimum atomic E-state index is 0.333. The van der Waals surface area contributed by atoms with Gasteiger partial charge >= 0.3 is 0 Å². The van der Waals surface area contributed by atoms with Gasteiger partial charge in [-0.15, -0.1) is 11.3 Å². The van der Waals surface area contributed by atoms with E-state index in [1.165, 1.54) is 11.3 Å². The van der Waals surface area contributed by atoms with Gasteiger partial charge in [0.2, 0.25) is 0 Å². The lowest BCUT2D eigenvalue weighted by Crippen LogP contribution is -2.37. The van der Waals surface area contributed by atoms with Crippen molar-refractivity contribution in [3.63, 3.8) is 0 Å². The molecule has 0 aliphatic carbocycles. The number of nitrogens with two attached hydrogens (primary N) is 2. The maximum atomic E-state index is 5.91. The fourth-order valence-electron chi connectivity index (χ4n) is 1.64. The Kier molecular flexibility index (Phi) is 4.11. The highest BCUT2D eigenvalue weighted by atomic mass is 32.1. The summed E-state index contributed by atoms with van der Waals surface area (Å²) in [6.45, 7) is 0.678. The molecule has 1 aromatic carbocycles. The number of nitrogens with zero attached hydrogens (tertiary/aromatic N) is 2. The molecule has 0 spiro atoms. The smallest absolute Gasteiger partial charge is 0.191 e. The second kappa shape index (κ2) is 5.79. The third-order valence-corrected chi connectivity index (χ3v) is 3.59. The Morgan fingerprint density at radius 3 is 2.78 bits per heavy atom. The Balaban J connectivity index is 2.08. The zero-order valence-corrected chi connectivity index (χ0v) is 11.4. The van der Waals surface area contributed by atoms with Crippen LogP contribution in [0, 0.1) is 0 Å². The maximum absolute atomic E-state index is 5.91. The van der Waals surface area contributed by atoms with Crippen LogP contribution in [0.3, 0.4) is 0 Å². The van der Waals surface area contributed by atoms with Crippen molar-refractivity contribution in [3.05, 3.63) is 41.4 Å². The van der Waals surface area contributed by atoms with Crippen molar-refractivity contribution < 1.29 is 0 Å². The van der Waals surface area contributed by atoms with E-state index < -0.39 is 0 Å². The zero-order chi connectivity index (χ0) is 13.0. The van der Waals surface area contributed by atoms with Crippen LogP contribution < -0.4 is 16.4 Å². The van der Waals surface area contributed by atoms with Gasteiger partial charge in [0.15, 0.2) is 10.2 Å². The summed E-state index contributed by atoms with van der Waals surface area (Å²) in [5.41, 5.74) is 13.5. The van der Waals surface area contributed by atoms with Gasteiger partial charge in [0.05, 0.1) is 0 Å². The highest BCUT2D eigenvalue weighted by Gasteiger charge is 2.12. The van der Waals surface area contributed by atoms with Crippen LogP contribution in [0.2, 0.25) is 0 Å². The van der Waals surface area contributed by atoms with Gasteiger partial charge in [0.25, 0.3) is 0 Å². The quantitative estimate of drug-likeness (QED) is 0.661. The second-order valence-corrected chi connectivity index (χ2v) is 5.04. The molecule has 0 aliphatic heterocycles. The molecule has 0 saturated carbocycles. The van der Waals surface area contributed by atoms with Gasteiger partial charge in [-0.25, -0.2) is 4.98 Å². The van der Waals surface area contributed by atoms with Crippen molar-refractivity contribution in [2.24, 2.45) is 5.73 Å². The zero-order valence-electron chi connectivity index (χ0n) is 9.74. The van der Waals surface area contributed by atoms with Crippen LogP contribution in [0.1, 0.15) is 5.56 Å². The summed E-state index contributed by atoms with van der Waals surface area (Å²) in [4.78, 5) is 6.04. The van der Waals surface area contributed by atoms with E-state index in [1.807, 2.05) is 34.5 Å². The Bertz CT molecular complexity index is 525. The molecular weight excluding hydrogens is 264 g/mol. The topological polar surface area (TPSA) is 68.2 Å². The molecule has 2 rings (SSSR count). The first-order chi connectivity index (χ1) is 8.68. The van der Waals surface area contributed by atoms with E-state index in [0.717, 1.165) is 22.8 Å². The number of aromatic nitrogens is 1. The first-order valence-corrected chi connectivity index (χ1v) is 6.77. The molecule has 4 nitrogen and oxygen atoms in total. The van der Waals surface area contributed by atoms with Gasteiger partial charge in [-0.1, -0.05) is 18.2 Å². The van der Waals surface area contributed by atoms with E-state index in [9.17, 15) is 0 Å². The van der Waals surface area contributed by atoms with E-state index in [4.69, 9.17) is 23.7 Å². The minimum Gasteiger partial charge on any atom is -0.399 e. The van der Waals surface area contributed by atoms with Crippen molar-refractivity contribution in [1.29, 1.82) is 0 Å². The molecule has 2 aromatic rings. The van der Waals surface area contributed by atoms with Crippen LogP contribution in [-0.4, -0.2) is 16.6 Å². The molecule has 0 fully saturated rings. The number of rotatable bonds is 4. The molecule has 0 unspecified atom stereocenters. The third kappa shape index (κ3) is 2.96. The summed E-state index contributed by atoms with van der Waals surface area (Å²) in [7, 11) is 0. The molecule has 0 radical (unpaired) electrons. The number of anilines is 2. The lowest BCUT2D eigenvalue weighted by atomic mass is 10.1. The summed E-state index contributed by atoms with van der Waals surface area (Å²) in [6.07, 6.45) is 2.52. The van der Waals surface area contributed by atoms with Crippen molar-refractivity contribution in [2.45, 2.75) is 6.42 Å². The van der Waals surface area contributed by atoms with E-state index in [1.54, 1.807) is 6.20 Å². The van der Waals surface area contributed by atoms with Crippen molar-refractivity contribution in [2.75, 3.05) is 17.2 Å². The molecule has 6 heteroatoms. The van der Waals surface area contributed by atoms with Crippen LogP contribution in [0.5, 0.6) is 0 Å². The van der Waals surface area contributed by atoms with Crippen LogP contribution >= 0.6 is 23.6 Å². The lowest BCUT2D eigenvalue weighted by Gasteiger charge is -2.19. The molecule has 1 heterocycles. The van der Waals surface area contributed by atoms with Gasteiger partial charge in [-0.05, 0) is 30.3 Å². The van der Waals surface area contributed by atoms with E-state index in [-0.39, 0.29) is 0 Å². The number of para-hydroxylation sites is 1. The molecule has 18 heavy (non-hydrogen) atoms. The summed E-state index contributed by atoms with van der Waals surface area (Å²) in [5.74, 6) is 0. The number of benzene rings is 1. The first kappa shape index (κ1) is 12.8. The molecular formula is C12H14N4S2. The van der Waals surface area contributed by atoms with Gasteiger partial charge in [-0.3, -0.25) is 4.90 Å². The third-order valence-electron chi connectivity index (χ3n) is 2.58. The first-order valence-electron chi connectivity index (χ1n) is 5.48. The average molecular weight is 278 g/mol. The predicted molar refractivity (Wildman–Crippen MR) is 80.8 cm³/mol. The van der Waals surface area contributed by atoms with Crippen LogP contribution in [0.25, 0.3) is 0 Å². The highest BCUT2D eigenvalue weighted by Crippen LogP contribution is 2.19. The number of hydrogen-bond donors (Lipinski definition) is 2. The average Bonchev–Trinajstić information content (AvgIpc) is 2.85. The highest BCUT2D eigenvalue weighted by molar-refractivity contribution is 7.80. The van der Waals surface area contributed by atoms with Gasteiger partial charge in [0.1, 0.15) is 0 Å². The second-order valence-electron chi connectivity index (χ2n) is 3.75. The summed E-state index contributed by atoms with van der Waals surface area (Å²) >= 11 is 6.57. The van der Waals surface area contributed by atoms with Crippen LogP contribution in [0.15, 0.2) is 35.8 Å². The molecule has 1 aromatic heterocycles. The predicted octanol–water partition coefficient (Wildman–Crippen LogP) is 2.02. The lowest BCUT2D eigenvalue weighted by molar-refractivity contribution is 0.932. The van der Waals surface area contributed by atoms with E-state index >= 15 is 0 Å². The monoisotopic (exact) mass is 278 g/mol. The summed E-state index contributed by atoms with van der Waals surface area (Å²) < 4.78 is 0. The van der Waals surface area contributed by atoms with Crippen molar-refractivity contribution >= 4 is 39.5 Å². The maximum Gasteiger partial charge on any atom is 0.191 e. The molecule has 0 amide bonds. The van der Waals surface area contributed by atoms with Gasteiger partial charge < -0.3 is 11.5 Å². The minimum absolute atomic E-state index is 0.333. The number of nitrogen functional groups attached to an aromatic ring is 1. The Labute approximate surface area is 115 Å². The fourth-order valence-corrected chi connectivity index (χ4v) is 2.56. The standard InChI is InChI=1S/C12H14N4S2/c13-10-4-2-1-3-9(10)5-7-16(11(14)17)12-15-6-8-18-12/h1-4,6,8H,5,7,13H2,(H2,14,17). The Morgan fingerprint density at radius 1 is 1.39 bits per heavy atom. The fraction of sp³-hybridized carbons (Fsp3) is 0.167. The SMILES string of the molecule is NC(=S)N(CCc1ccccc1N)c1nccs1. The molecule has 0 aliphatic rings. The number of thiocarbonyl (C=S) groups is 1. The van der Waals surface area contributed by atoms with Crippen molar-refractivity contribution in [1.82, 2.24) is 4.98 Å².